The Kier molecular flexibility index (Phi) is 7.32. The molecule has 0 aliphatic rings. The maximum atomic E-state index is 12.4. The lowest BCUT2D eigenvalue weighted by Gasteiger charge is -2.17. The number of nitrogens with one attached hydrogen (secondary N) is 1. The van der Waals surface area contributed by atoms with E-state index in [2.05, 4.69) is 5.32 Å². The summed E-state index contributed by atoms with van der Waals surface area (Å²) in [7, 11) is 0. The zero-order valence-corrected chi connectivity index (χ0v) is 18.0. The second-order valence-electron chi connectivity index (χ2n) is 7.64. The highest BCUT2D eigenvalue weighted by atomic mass is 16.5. The van der Waals surface area contributed by atoms with Gasteiger partial charge in [0.05, 0.1) is 6.42 Å². The Labute approximate surface area is 172 Å². The van der Waals surface area contributed by atoms with Crippen LogP contribution in [0.3, 0.4) is 0 Å². The Morgan fingerprint density at radius 2 is 1.48 bits per heavy atom. The smallest absolute Gasteiger partial charge is 0.307 e. The number of hydrogen-bond donors (Lipinski definition) is 1. The first kappa shape index (κ1) is 22.3. The van der Waals surface area contributed by atoms with Gasteiger partial charge in [0, 0.05) is 17.7 Å². The van der Waals surface area contributed by atoms with Gasteiger partial charge in [-0.25, -0.2) is 0 Å². The van der Waals surface area contributed by atoms with Crippen molar-refractivity contribution >= 4 is 23.3 Å². The molecule has 0 bridgehead atoms. The highest BCUT2D eigenvalue weighted by molar-refractivity contribution is 5.99. The Bertz CT molecular complexity index is 923. The number of hydrogen-bond acceptors (Lipinski definition) is 4. The summed E-state index contributed by atoms with van der Waals surface area (Å²) in [6, 6.07) is 9.63. The van der Waals surface area contributed by atoms with Gasteiger partial charge in [-0.05, 0) is 64.3 Å². The molecule has 0 aliphatic heterocycles. The van der Waals surface area contributed by atoms with Crippen LogP contribution in [0.4, 0.5) is 5.69 Å². The van der Waals surface area contributed by atoms with E-state index in [0.717, 1.165) is 33.5 Å². The topological polar surface area (TPSA) is 72.5 Å². The Morgan fingerprint density at radius 3 is 2.10 bits per heavy atom. The second-order valence-corrected chi connectivity index (χ2v) is 7.64. The van der Waals surface area contributed by atoms with E-state index in [-0.39, 0.29) is 18.6 Å². The van der Waals surface area contributed by atoms with Crippen LogP contribution in [-0.2, 0) is 14.3 Å². The third kappa shape index (κ3) is 6.01. The second kappa shape index (κ2) is 9.50. The van der Waals surface area contributed by atoms with Crippen LogP contribution in [-0.4, -0.2) is 23.8 Å². The van der Waals surface area contributed by atoms with Crippen molar-refractivity contribution in [1.29, 1.82) is 0 Å². The summed E-state index contributed by atoms with van der Waals surface area (Å²) in [5.41, 5.74) is 6.24. The minimum atomic E-state index is -0.946. The molecule has 0 radical (unpaired) electrons. The van der Waals surface area contributed by atoms with Gasteiger partial charge < -0.3 is 10.1 Å². The normalized spacial score (nSPS) is 11.7. The average Bonchev–Trinajstić information content (AvgIpc) is 2.64. The van der Waals surface area contributed by atoms with E-state index in [0.29, 0.717) is 5.56 Å². The molecule has 0 aromatic heterocycles. The quantitative estimate of drug-likeness (QED) is 0.542. The van der Waals surface area contributed by atoms with Gasteiger partial charge in [-0.3, -0.25) is 14.4 Å². The standard InChI is InChI=1S/C24H29NO4/c1-14-7-8-16(3)20(13-14)21(26)9-10-22(27)29-19(6)24(28)25-23-17(4)11-15(2)12-18(23)5/h7-8,11-13,19H,9-10H2,1-6H3,(H,25,28). The molecule has 2 aromatic carbocycles. The number of amides is 1. The molecule has 29 heavy (non-hydrogen) atoms. The number of aryl methyl sites for hydroxylation is 5. The summed E-state index contributed by atoms with van der Waals surface area (Å²) in [6.07, 6.45) is -0.960. The number of anilines is 1. The molecular formula is C24H29NO4. The van der Waals surface area contributed by atoms with Crippen molar-refractivity contribution in [2.24, 2.45) is 0 Å². The van der Waals surface area contributed by atoms with Crippen LogP contribution in [0.5, 0.6) is 0 Å². The molecule has 0 fully saturated rings. The molecule has 0 spiro atoms. The molecule has 1 N–H and O–H groups in total. The van der Waals surface area contributed by atoms with Crippen molar-refractivity contribution in [2.75, 3.05) is 5.32 Å². The first-order valence-electron chi connectivity index (χ1n) is 9.77. The van der Waals surface area contributed by atoms with E-state index >= 15 is 0 Å². The molecule has 1 amide bonds. The van der Waals surface area contributed by atoms with Crippen molar-refractivity contribution < 1.29 is 19.1 Å². The predicted octanol–water partition coefficient (Wildman–Crippen LogP) is 4.76. The van der Waals surface area contributed by atoms with Gasteiger partial charge in [-0.1, -0.05) is 35.4 Å². The Morgan fingerprint density at radius 1 is 0.862 bits per heavy atom. The maximum Gasteiger partial charge on any atom is 0.307 e. The number of Topliss-reactive ketones (excluding diaryl/α,β-unsaturated/α-hetero) is 1. The number of carbonyl (C=O) groups is 3. The fourth-order valence-electron chi connectivity index (χ4n) is 3.30. The van der Waals surface area contributed by atoms with Crippen molar-refractivity contribution in [3.8, 4) is 0 Å². The third-order valence-corrected chi connectivity index (χ3v) is 4.85. The summed E-state index contributed by atoms with van der Waals surface area (Å²) >= 11 is 0. The summed E-state index contributed by atoms with van der Waals surface area (Å²) in [6.45, 7) is 11.2. The van der Waals surface area contributed by atoms with Gasteiger partial charge in [-0.15, -0.1) is 0 Å². The number of esters is 1. The van der Waals surface area contributed by atoms with Gasteiger partial charge in [0.2, 0.25) is 0 Å². The summed E-state index contributed by atoms with van der Waals surface area (Å²) in [5, 5.41) is 2.83. The van der Waals surface area contributed by atoms with Gasteiger partial charge in [0.15, 0.2) is 11.9 Å². The highest BCUT2D eigenvalue weighted by Gasteiger charge is 2.20. The molecule has 1 atom stereocenters. The van der Waals surface area contributed by atoms with E-state index < -0.39 is 18.0 Å². The largest absolute Gasteiger partial charge is 0.453 e. The molecular weight excluding hydrogens is 366 g/mol. The molecule has 0 saturated heterocycles. The third-order valence-electron chi connectivity index (χ3n) is 4.85. The van der Waals surface area contributed by atoms with Gasteiger partial charge in [0.25, 0.3) is 5.91 Å². The predicted molar refractivity (Wildman–Crippen MR) is 114 cm³/mol. The molecule has 5 heteroatoms. The number of ketones is 1. The van der Waals surface area contributed by atoms with E-state index in [1.165, 1.54) is 6.92 Å². The number of benzene rings is 2. The fraction of sp³-hybridized carbons (Fsp3) is 0.375. The number of rotatable bonds is 7. The van der Waals surface area contributed by atoms with Gasteiger partial charge in [0.1, 0.15) is 0 Å². The Hall–Kier alpha value is -2.95. The van der Waals surface area contributed by atoms with Gasteiger partial charge in [-0.2, -0.15) is 0 Å². The van der Waals surface area contributed by atoms with Crippen LogP contribution in [0.25, 0.3) is 0 Å². The van der Waals surface area contributed by atoms with Crippen molar-refractivity contribution in [3.05, 3.63) is 63.7 Å². The SMILES string of the molecule is Cc1cc(C)c(NC(=O)C(C)OC(=O)CCC(=O)c2cc(C)ccc2C)c(C)c1. The lowest BCUT2D eigenvalue weighted by atomic mass is 9.99. The molecule has 5 nitrogen and oxygen atoms in total. The summed E-state index contributed by atoms with van der Waals surface area (Å²) in [4.78, 5) is 36.9. The van der Waals surface area contributed by atoms with Crippen LogP contribution in [0.2, 0.25) is 0 Å². The minimum absolute atomic E-state index is 0.0493. The monoisotopic (exact) mass is 395 g/mol. The summed E-state index contributed by atoms with van der Waals surface area (Å²) < 4.78 is 5.22. The minimum Gasteiger partial charge on any atom is -0.453 e. The van der Waals surface area contributed by atoms with Crippen LogP contribution >= 0.6 is 0 Å². The highest BCUT2D eigenvalue weighted by Crippen LogP contribution is 2.22. The zero-order chi connectivity index (χ0) is 21.7. The van der Waals surface area contributed by atoms with Crippen molar-refractivity contribution in [1.82, 2.24) is 0 Å². The van der Waals surface area contributed by atoms with Gasteiger partial charge >= 0.3 is 5.97 Å². The lowest BCUT2D eigenvalue weighted by Crippen LogP contribution is -2.30. The van der Waals surface area contributed by atoms with Crippen LogP contribution in [0.1, 0.15) is 57.9 Å². The van der Waals surface area contributed by atoms with E-state index in [4.69, 9.17) is 4.74 Å². The van der Waals surface area contributed by atoms with E-state index in [1.54, 1.807) is 0 Å². The van der Waals surface area contributed by atoms with Crippen molar-refractivity contribution in [2.45, 2.75) is 60.5 Å². The van der Waals surface area contributed by atoms with E-state index in [9.17, 15) is 14.4 Å². The van der Waals surface area contributed by atoms with E-state index in [1.807, 2.05) is 65.0 Å². The molecule has 154 valence electrons. The van der Waals surface area contributed by atoms with Crippen LogP contribution in [0, 0.1) is 34.6 Å². The molecule has 0 aliphatic carbocycles. The van der Waals surface area contributed by atoms with Crippen LogP contribution < -0.4 is 5.32 Å². The molecule has 0 saturated carbocycles. The molecule has 2 aromatic rings. The van der Waals surface area contributed by atoms with Crippen molar-refractivity contribution in [3.63, 3.8) is 0 Å². The first-order chi connectivity index (χ1) is 13.6. The molecule has 0 heterocycles. The Balaban J connectivity index is 1.91. The number of ether oxygens (including phenoxy) is 1. The average molecular weight is 395 g/mol. The summed E-state index contributed by atoms with van der Waals surface area (Å²) in [5.74, 6) is -1.07. The van der Waals surface area contributed by atoms with Crippen LogP contribution in [0.15, 0.2) is 30.3 Å². The zero-order valence-electron chi connectivity index (χ0n) is 18.0. The maximum absolute atomic E-state index is 12.4. The lowest BCUT2D eigenvalue weighted by molar-refractivity contribution is -0.153. The molecule has 2 rings (SSSR count). The molecule has 1 unspecified atom stereocenters. The first-order valence-corrected chi connectivity index (χ1v) is 9.77. The number of carbonyl (C=O) groups excluding carboxylic acids is 3. The fourth-order valence-corrected chi connectivity index (χ4v) is 3.30.